The number of imidazole rings is 1. The maximum atomic E-state index is 15.2. The number of carbonyl (C=O) groups is 1. The van der Waals surface area contributed by atoms with Crippen molar-refractivity contribution in [1.29, 1.82) is 0 Å². The van der Waals surface area contributed by atoms with Gasteiger partial charge in [0.15, 0.2) is 0 Å². The van der Waals surface area contributed by atoms with E-state index in [4.69, 9.17) is 9.84 Å². The number of carboxylic acids is 1. The molecule has 188 valence electrons. The van der Waals surface area contributed by atoms with E-state index in [0.29, 0.717) is 22.5 Å². The van der Waals surface area contributed by atoms with Crippen molar-refractivity contribution in [1.82, 2.24) is 19.9 Å². The number of nitrogens with one attached hydrogen (secondary N) is 1. The largest absolute Gasteiger partial charge is 0.481 e. The summed E-state index contributed by atoms with van der Waals surface area (Å²) in [6.07, 6.45) is 9.47. The monoisotopic (exact) mass is 490 g/mol. The van der Waals surface area contributed by atoms with E-state index in [1.165, 1.54) is 6.08 Å². The molecule has 0 radical (unpaired) electrons. The second-order valence-electron chi connectivity index (χ2n) is 9.45. The van der Waals surface area contributed by atoms with E-state index < -0.39 is 11.8 Å². The van der Waals surface area contributed by atoms with Crippen LogP contribution in [0, 0.1) is 19.8 Å². The van der Waals surface area contributed by atoms with E-state index in [9.17, 15) is 4.79 Å². The van der Waals surface area contributed by atoms with Crippen molar-refractivity contribution in [3.63, 3.8) is 0 Å². The molecule has 0 saturated heterocycles. The summed E-state index contributed by atoms with van der Waals surface area (Å²) in [5.41, 5.74) is 5.40. The molecule has 0 unspecified atom stereocenters. The highest BCUT2D eigenvalue weighted by atomic mass is 19.1. The number of rotatable bonds is 8. The summed E-state index contributed by atoms with van der Waals surface area (Å²) in [6, 6.07) is 4.30. The zero-order valence-electron chi connectivity index (χ0n) is 20.8. The molecule has 2 aromatic heterocycles. The Morgan fingerprint density at radius 2 is 1.92 bits per heavy atom. The third-order valence-electron chi connectivity index (χ3n) is 6.63. The SMILES string of the molecule is C=C/C(=C\C(F)=C(/C)c1nc2c(C)cc(C)cc2[nH]1)c1cnc(OC2CCC(CC(=O)O)CC2)nc1. The zero-order chi connectivity index (χ0) is 25.8. The molecule has 0 bridgehead atoms. The fourth-order valence-electron chi connectivity index (χ4n) is 4.64. The molecule has 1 aromatic carbocycles. The molecular formula is C28H31FN4O3. The maximum absolute atomic E-state index is 15.2. The zero-order valence-corrected chi connectivity index (χ0v) is 20.8. The Morgan fingerprint density at radius 1 is 1.22 bits per heavy atom. The molecule has 1 saturated carbocycles. The van der Waals surface area contributed by atoms with E-state index in [0.717, 1.165) is 47.8 Å². The fraction of sp³-hybridized carbons (Fsp3) is 0.357. The van der Waals surface area contributed by atoms with Crippen LogP contribution in [-0.2, 0) is 4.79 Å². The number of benzene rings is 1. The van der Waals surface area contributed by atoms with Crippen LogP contribution in [0.25, 0.3) is 22.2 Å². The number of carboxylic acid groups (broad SMARTS) is 1. The van der Waals surface area contributed by atoms with Crippen LogP contribution in [0.3, 0.4) is 0 Å². The predicted molar refractivity (Wildman–Crippen MR) is 138 cm³/mol. The van der Waals surface area contributed by atoms with E-state index >= 15 is 4.39 Å². The van der Waals surface area contributed by atoms with Crippen LogP contribution in [0.15, 0.2) is 49.1 Å². The van der Waals surface area contributed by atoms with Gasteiger partial charge in [-0.2, -0.15) is 0 Å². The molecular weight excluding hydrogens is 459 g/mol. The number of allylic oxidation sites excluding steroid dienone is 5. The smallest absolute Gasteiger partial charge is 0.316 e. The van der Waals surface area contributed by atoms with Gasteiger partial charge in [0, 0.05) is 30.0 Å². The molecule has 1 aliphatic carbocycles. The highest BCUT2D eigenvalue weighted by Gasteiger charge is 2.24. The summed E-state index contributed by atoms with van der Waals surface area (Å²) in [5.74, 6) is -0.510. The molecule has 0 atom stereocenters. The standard InChI is InChI=1S/C28H31FN4O3/c1-5-20(13-23(29)18(4)27-32-24-11-16(2)10-17(3)26(24)33-27)21-14-30-28(31-15-21)36-22-8-6-19(7-9-22)12-25(34)35/h5,10-11,13-15,19,22H,1,6-9,12H2,2-4H3,(H,32,33)(H,34,35)/b20-13+,23-18-. The van der Waals surface area contributed by atoms with Crippen LogP contribution in [-0.4, -0.2) is 37.1 Å². The Balaban J connectivity index is 1.46. The minimum atomic E-state index is -0.756. The first kappa shape index (κ1) is 25.3. The molecule has 0 amide bonds. The lowest BCUT2D eigenvalue weighted by molar-refractivity contribution is -0.138. The van der Waals surface area contributed by atoms with Crippen molar-refractivity contribution >= 4 is 28.1 Å². The van der Waals surface area contributed by atoms with Gasteiger partial charge in [-0.05, 0) is 81.2 Å². The third kappa shape index (κ3) is 5.87. The van der Waals surface area contributed by atoms with Crippen molar-refractivity contribution in [3.05, 3.63) is 71.6 Å². The van der Waals surface area contributed by atoms with Gasteiger partial charge in [-0.3, -0.25) is 4.79 Å². The fourth-order valence-corrected chi connectivity index (χ4v) is 4.64. The quantitative estimate of drug-likeness (QED) is 0.357. The minimum Gasteiger partial charge on any atom is -0.481 e. The Morgan fingerprint density at radius 3 is 2.56 bits per heavy atom. The second kappa shape index (κ2) is 10.8. The van der Waals surface area contributed by atoms with Gasteiger partial charge in [0.1, 0.15) is 17.8 Å². The average molecular weight is 491 g/mol. The Labute approximate surface area is 209 Å². The number of aryl methyl sites for hydroxylation is 2. The van der Waals surface area contributed by atoms with Gasteiger partial charge in [-0.25, -0.2) is 19.3 Å². The summed E-state index contributed by atoms with van der Waals surface area (Å²) in [4.78, 5) is 27.3. The lowest BCUT2D eigenvalue weighted by Crippen LogP contribution is -2.26. The van der Waals surface area contributed by atoms with Crippen LogP contribution in [0.4, 0.5) is 4.39 Å². The first-order valence-corrected chi connectivity index (χ1v) is 12.1. The number of fused-ring (bicyclic) bond motifs is 1. The van der Waals surface area contributed by atoms with Gasteiger partial charge in [-0.15, -0.1) is 0 Å². The normalized spacial score (nSPS) is 19.2. The Hall–Kier alpha value is -3.81. The van der Waals surface area contributed by atoms with E-state index in [2.05, 4.69) is 32.6 Å². The second-order valence-corrected chi connectivity index (χ2v) is 9.45. The van der Waals surface area contributed by atoms with Crippen LogP contribution < -0.4 is 4.74 Å². The number of ether oxygens (including phenoxy) is 1. The Kier molecular flexibility index (Phi) is 7.62. The van der Waals surface area contributed by atoms with Crippen molar-refractivity contribution in [3.8, 4) is 6.01 Å². The van der Waals surface area contributed by atoms with E-state index in [-0.39, 0.29) is 24.5 Å². The number of aromatic amines is 1. The molecule has 4 rings (SSSR count). The molecule has 8 heteroatoms. The molecule has 0 spiro atoms. The van der Waals surface area contributed by atoms with Crippen molar-refractivity contribution in [2.75, 3.05) is 0 Å². The minimum absolute atomic E-state index is 0.0328. The van der Waals surface area contributed by atoms with Crippen molar-refractivity contribution in [2.45, 2.75) is 59.0 Å². The number of H-pyrrole nitrogens is 1. The van der Waals surface area contributed by atoms with Gasteiger partial charge < -0.3 is 14.8 Å². The van der Waals surface area contributed by atoms with Crippen LogP contribution in [0.2, 0.25) is 0 Å². The summed E-state index contributed by atoms with van der Waals surface area (Å²) >= 11 is 0. The topological polar surface area (TPSA) is 101 Å². The highest BCUT2D eigenvalue weighted by molar-refractivity contribution is 5.83. The van der Waals surface area contributed by atoms with Gasteiger partial charge in [-0.1, -0.05) is 18.7 Å². The number of halogens is 1. The van der Waals surface area contributed by atoms with E-state index in [1.807, 2.05) is 19.9 Å². The summed E-state index contributed by atoms with van der Waals surface area (Å²) in [5, 5.41) is 8.96. The summed E-state index contributed by atoms with van der Waals surface area (Å²) in [6.45, 7) is 9.50. The average Bonchev–Trinajstić information content (AvgIpc) is 3.28. The highest BCUT2D eigenvalue weighted by Crippen LogP contribution is 2.29. The van der Waals surface area contributed by atoms with Gasteiger partial charge in [0.05, 0.1) is 11.0 Å². The number of aliphatic carboxylic acids is 1. The number of nitrogens with zero attached hydrogens (tertiary/aromatic N) is 3. The molecule has 1 fully saturated rings. The molecule has 7 nitrogen and oxygen atoms in total. The summed E-state index contributed by atoms with van der Waals surface area (Å²) in [7, 11) is 0. The van der Waals surface area contributed by atoms with Crippen LogP contribution in [0.1, 0.15) is 61.5 Å². The lowest BCUT2D eigenvalue weighted by atomic mass is 9.85. The molecule has 36 heavy (non-hydrogen) atoms. The lowest BCUT2D eigenvalue weighted by Gasteiger charge is -2.27. The number of hydrogen-bond acceptors (Lipinski definition) is 5. The predicted octanol–water partition coefficient (Wildman–Crippen LogP) is 6.35. The van der Waals surface area contributed by atoms with Crippen molar-refractivity contribution < 1.29 is 19.0 Å². The van der Waals surface area contributed by atoms with Gasteiger partial charge >= 0.3 is 12.0 Å². The molecule has 3 aromatic rings. The van der Waals surface area contributed by atoms with Gasteiger partial charge in [0.2, 0.25) is 0 Å². The molecule has 2 N–H and O–H groups in total. The molecule has 1 aliphatic rings. The van der Waals surface area contributed by atoms with Crippen LogP contribution >= 0.6 is 0 Å². The maximum Gasteiger partial charge on any atom is 0.316 e. The molecule has 2 heterocycles. The number of hydrogen-bond donors (Lipinski definition) is 2. The first-order chi connectivity index (χ1) is 17.2. The van der Waals surface area contributed by atoms with Crippen LogP contribution in [0.5, 0.6) is 6.01 Å². The van der Waals surface area contributed by atoms with Crippen molar-refractivity contribution in [2.24, 2.45) is 5.92 Å². The summed E-state index contributed by atoms with van der Waals surface area (Å²) < 4.78 is 21.1. The van der Waals surface area contributed by atoms with Gasteiger partial charge in [0.25, 0.3) is 0 Å². The van der Waals surface area contributed by atoms with E-state index in [1.54, 1.807) is 25.4 Å². The number of aromatic nitrogens is 4. The third-order valence-corrected chi connectivity index (χ3v) is 6.63. The first-order valence-electron chi connectivity index (χ1n) is 12.1. The Bertz CT molecular complexity index is 1330. The molecule has 0 aliphatic heterocycles.